The van der Waals surface area contributed by atoms with Crippen molar-refractivity contribution in [2.45, 2.75) is 19.8 Å². The molecular formula is C20H23BrN2O. The molecule has 0 N–H and O–H groups in total. The molecule has 0 radical (unpaired) electrons. The number of carbonyl (C=O) groups excluding carboxylic acids is 1. The number of hydrogen-bond donors (Lipinski definition) is 0. The van der Waals surface area contributed by atoms with Crippen LogP contribution in [0.25, 0.3) is 0 Å². The Kier molecular flexibility index (Phi) is 5.24. The van der Waals surface area contributed by atoms with E-state index in [9.17, 15) is 4.79 Å². The van der Waals surface area contributed by atoms with Crippen LogP contribution in [0.3, 0.4) is 0 Å². The first-order chi connectivity index (χ1) is 11.5. The van der Waals surface area contributed by atoms with Crippen molar-refractivity contribution in [2.75, 3.05) is 31.1 Å². The Bertz CT molecular complexity index is 704. The topological polar surface area (TPSA) is 23.6 Å². The lowest BCUT2D eigenvalue weighted by molar-refractivity contribution is 0.0746. The molecule has 1 aliphatic rings. The minimum Gasteiger partial charge on any atom is -0.368 e. The van der Waals surface area contributed by atoms with E-state index in [-0.39, 0.29) is 5.91 Å². The Hall–Kier alpha value is -1.81. The van der Waals surface area contributed by atoms with Gasteiger partial charge in [-0.2, -0.15) is 0 Å². The summed E-state index contributed by atoms with van der Waals surface area (Å²) >= 11 is 3.43. The number of amides is 1. The monoisotopic (exact) mass is 386 g/mol. The predicted molar refractivity (Wildman–Crippen MR) is 103 cm³/mol. The molecule has 0 aliphatic carbocycles. The molecule has 0 atom stereocenters. The maximum atomic E-state index is 12.6. The van der Waals surface area contributed by atoms with Crippen LogP contribution in [0.15, 0.2) is 53.0 Å². The SMILES string of the molecule is CC(C)c1ccc(N2CCN(C(=O)c3cccc(Br)c3)CC2)cc1. The van der Waals surface area contributed by atoms with Crippen LogP contribution in [-0.2, 0) is 0 Å². The van der Waals surface area contributed by atoms with E-state index in [4.69, 9.17) is 0 Å². The van der Waals surface area contributed by atoms with E-state index in [1.54, 1.807) is 0 Å². The highest BCUT2D eigenvalue weighted by atomic mass is 79.9. The first kappa shape index (κ1) is 17.0. The summed E-state index contributed by atoms with van der Waals surface area (Å²) in [7, 11) is 0. The van der Waals surface area contributed by atoms with Crippen LogP contribution in [-0.4, -0.2) is 37.0 Å². The third kappa shape index (κ3) is 3.81. The van der Waals surface area contributed by atoms with Gasteiger partial charge in [0, 0.05) is 41.9 Å². The maximum Gasteiger partial charge on any atom is 0.254 e. The summed E-state index contributed by atoms with van der Waals surface area (Å²) in [6, 6.07) is 16.4. The summed E-state index contributed by atoms with van der Waals surface area (Å²) in [4.78, 5) is 16.9. The number of benzene rings is 2. The fourth-order valence-electron chi connectivity index (χ4n) is 3.04. The van der Waals surface area contributed by atoms with Crippen LogP contribution < -0.4 is 4.90 Å². The van der Waals surface area contributed by atoms with Gasteiger partial charge in [0.2, 0.25) is 0 Å². The molecule has 1 aliphatic heterocycles. The molecule has 0 saturated carbocycles. The van der Waals surface area contributed by atoms with E-state index in [2.05, 4.69) is 58.9 Å². The number of halogens is 1. The molecular weight excluding hydrogens is 364 g/mol. The summed E-state index contributed by atoms with van der Waals surface area (Å²) in [6.45, 7) is 7.69. The van der Waals surface area contributed by atoms with Crippen LogP contribution in [0, 0.1) is 0 Å². The molecule has 1 saturated heterocycles. The summed E-state index contributed by atoms with van der Waals surface area (Å²) in [5, 5.41) is 0. The first-order valence-electron chi connectivity index (χ1n) is 8.44. The molecule has 1 heterocycles. The largest absolute Gasteiger partial charge is 0.368 e. The van der Waals surface area contributed by atoms with Crippen molar-refractivity contribution in [3.05, 3.63) is 64.1 Å². The number of nitrogens with zero attached hydrogens (tertiary/aromatic N) is 2. The molecule has 2 aromatic carbocycles. The van der Waals surface area contributed by atoms with Gasteiger partial charge < -0.3 is 9.80 Å². The number of hydrogen-bond acceptors (Lipinski definition) is 2. The van der Waals surface area contributed by atoms with Gasteiger partial charge in [0.1, 0.15) is 0 Å². The zero-order valence-electron chi connectivity index (χ0n) is 14.2. The quantitative estimate of drug-likeness (QED) is 0.772. The van der Waals surface area contributed by atoms with E-state index in [1.807, 2.05) is 29.2 Å². The van der Waals surface area contributed by atoms with Gasteiger partial charge in [-0.1, -0.05) is 48.0 Å². The van der Waals surface area contributed by atoms with Crippen molar-refractivity contribution in [1.29, 1.82) is 0 Å². The second-order valence-electron chi connectivity index (χ2n) is 6.54. The Morgan fingerprint density at radius 3 is 2.25 bits per heavy atom. The molecule has 1 amide bonds. The minimum atomic E-state index is 0.117. The fraction of sp³-hybridized carbons (Fsp3) is 0.350. The average Bonchev–Trinajstić information content (AvgIpc) is 2.61. The summed E-state index contributed by atoms with van der Waals surface area (Å²) in [6.07, 6.45) is 0. The molecule has 0 spiro atoms. The lowest BCUT2D eigenvalue weighted by atomic mass is 10.0. The van der Waals surface area contributed by atoms with Crippen molar-refractivity contribution in [3.63, 3.8) is 0 Å². The molecule has 3 nitrogen and oxygen atoms in total. The van der Waals surface area contributed by atoms with Gasteiger partial charge >= 0.3 is 0 Å². The molecule has 2 aromatic rings. The standard InChI is InChI=1S/C20H23BrN2O/c1-15(2)16-6-8-19(9-7-16)22-10-12-23(13-11-22)20(24)17-4-3-5-18(21)14-17/h3-9,14-15H,10-13H2,1-2H3. The Labute approximate surface area is 152 Å². The van der Waals surface area contributed by atoms with Gasteiger partial charge in [-0.3, -0.25) is 4.79 Å². The third-order valence-corrected chi connectivity index (χ3v) is 5.06. The van der Waals surface area contributed by atoms with Crippen LogP contribution in [0.2, 0.25) is 0 Å². The van der Waals surface area contributed by atoms with Gasteiger partial charge in [0.25, 0.3) is 5.91 Å². The highest BCUT2D eigenvalue weighted by Crippen LogP contribution is 2.22. The number of rotatable bonds is 3. The fourth-order valence-corrected chi connectivity index (χ4v) is 3.44. The zero-order valence-corrected chi connectivity index (χ0v) is 15.8. The van der Waals surface area contributed by atoms with Crippen molar-refractivity contribution in [3.8, 4) is 0 Å². The molecule has 1 fully saturated rings. The van der Waals surface area contributed by atoms with Gasteiger partial charge in [-0.15, -0.1) is 0 Å². The third-order valence-electron chi connectivity index (χ3n) is 4.56. The normalized spacial score (nSPS) is 15.0. The second-order valence-corrected chi connectivity index (χ2v) is 7.45. The molecule has 0 bridgehead atoms. The van der Waals surface area contributed by atoms with E-state index >= 15 is 0 Å². The first-order valence-corrected chi connectivity index (χ1v) is 9.23. The number of carbonyl (C=O) groups is 1. The Balaban J connectivity index is 1.62. The molecule has 3 rings (SSSR count). The summed E-state index contributed by atoms with van der Waals surface area (Å²) < 4.78 is 0.942. The smallest absolute Gasteiger partial charge is 0.254 e. The van der Waals surface area contributed by atoms with E-state index in [0.717, 1.165) is 36.2 Å². The molecule has 126 valence electrons. The average molecular weight is 387 g/mol. The van der Waals surface area contributed by atoms with Gasteiger partial charge in [0.15, 0.2) is 0 Å². The highest BCUT2D eigenvalue weighted by Gasteiger charge is 2.22. The van der Waals surface area contributed by atoms with Gasteiger partial charge in [-0.25, -0.2) is 0 Å². The van der Waals surface area contributed by atoms with Crippen molar-refractivity contribution < 1.29 is 4.79 Å². The maximum absolute atomic E-state index is 12.6. The van der Waals surface area contributed by atoms with Crippen molar-refractivity contribution >= 4 is 27.5 Å². The Morgan fingerprint density at radius 2 is 1.67 bits per heavy atom. The number of piperazine rings is 1. The van der Waals surface area contributed by atoms with E-state index < -0.39 is 0 Å². The predicted octanol–water partition coefficient (Wildman–Crippen LogP) is 4.53. The minimum absolute atomic E-state index is 0.117. The molecule has 4 heteroatoms. The van der Waals surface area contributed by atoms with Crippen molar-refractivity contribution in [2.24, 2.45) is 0 Å². The van der Waals surface area contributed by atoms with Crippen molar-refractivity contribution in [1.82, 2.24) is 4.90 Å². The zero-order chi connectivity index (χ0) is 17.1. The molecule has 0 unspecified atom stereocenters. The summed E-state index contributed by atoms with van der Waals surface area (Å²) in [5.74, 6) is 0.671. The lowest BCUT2D eigenvalue weighted by Gasteiger charge is -2.36. The Morgan fingerprint density at radius 1 is 1.00 bits per heavy atom. The van der Waals surface area contributed by atoms with E-state index in [0.29, 0.717) is 5.92 Å². The highest BCUT2D eigenvalue weighted by molar-refractivity contribution is 9.10. The number of anilines is 1. The molecule has 24 heavy (non-hydrogen) atoms. The van der Waals surface area contributed by atoms with Crippen LogP contribution >= 0.6 is 15.9 Å². The summed E-state index contributed by atoms with van der Waals surface area (Å²) in [5.41, 5.74) is 3.36. The van der Waals surface area contributed by atoms with Gasteiger partial charge in [-0.05, 0) is 41.8 Å². The van der Waals surface area contributed by atoms with Crippen LogP contribution in [0.4, 0.5) is 5.69 Å². The van der Waals surface area contributed by atoms with Crippen LogP contribution in [0.5, 0.6) is 0 Å². The van der Waals surface area contributed by atoms with Crippen LogP contribution in [0.1, 0.15) is 35.7 Å². The second kappa shape index (κ2) is 7.39. The van der Waals surface area contributed by atoms with E-state index in [1.165, 1.54) is 11.3 Å². The lowest BCUT2D eigenvalue weighted by Crippen LogP contribution is -2.48. The molecule has 0 aromatic heterocycles. The van der Waals surface area contributed by atoms with Gasteiger partial charge in [0.05, 0.1) is 0 Å².